The molecule has 2 aromatic rings. The molecule has 1 aromatic heterocycles. The molecule has 4 heteroatoms. The van der Waals surface area contributed by atoms with Crippen LogP contribution in [0.3, 0.4) is 0 Å². The van der Waals surface area contributed by atoms with Crippen molar-refractivity contribution in [2.45, 2.75) is 33.2 Å². The Labute approximate surface area is 124 Å². The number of rotatable bonds is 3. The molecule has 3 rings (SSSR count). The topological polar surface area (TPSA) is 44.1 Å². The van der Waals surface area contributed by atoms with Gasteiger partial charge in [-0.25, -0.2) is 9.78 Å². The van der Waals surface area contributed by atoms with Crippen LogP contribution in [-0.2, 0) is 11.2 Å². The maximum absolute atomic E-state index is 12.1. The lowest BCUT2D eigenvalue weighted by Crippen LogP contribution is -2.26. The van der Waals surface area contributed by atoms with Gasteiger partial charge in [0, 0.05) is 0 Å². The van der Waals surface area contributed by atoms with Crippen LogP contribution in [0.1, 0.15) is 48.4 Å². The number of ether oxygens (including phenoxy) is 1. The molecule has 0 radical (unpaired) electrons. The van der Waals surface area contributed by atoms with Gasteiger partial charge < -0.3 is 9.30 Å². The van der Waals surface area contributed by atoms with Crippen molar-refractivity contribution >= 4 is 5.97 Å². The fourth-order valence-electron chi connectivity index (χ4n) is 3.37. The van der Waals surface area contributed by atoms with Crippen LogP contribution in [0.15, 0.2) is 36.8 Å². The summed E-state index contributed by atoms with van der Waals surface area (Å²) >= 11 is 0. The minimum absolute atomic E-state index is 0.0334. The number of fused-ring (bicyclic) bond motifs is 1. The summed E-state index contributed by atoms with van der Waals surface area (Å²) in [5.41, 5.74) is 3.17. The van der Waals surface area contributed by atoms with E-state index in [-0.39, 0.29) is 17.4 Å². The van der Waals surface area contributed by atoms with Gasteiger partial charge in [-0.2, -0.15) is 0 Å². The van der Waals surface area contributed by atoms with Gasteiger partial charge in [0.2, 0.25) is 0 Å². The van der Waals surface area contributed by atoms with Crippen molar-refractivity contribution in [1.29, 1.82) is 0 Å². The summed E-state index contributed by atoms with van der Waals surface area (Å²) < 4.78 is 7.10. The van der Waals surface area contributed by atoms with E-state index < -0.39 is 0 Å². The zero-order valence-electron chi connectivity index (χ0n) is 12.7. The lowest BCUT2D eigenvalue weighted by atomic mass is 9.85. The lowest BCUT2D eigenvalue weighted by Gasteiger charge is -2.29. The second-order valence-corrected chi connectivity index (χ2v) is 6.17. The highest BCUT2D eigenvalue weighted by atomic mass is 16.5. The molecule has 0 amide bonds. The molecule has 0 bridgehead atoms. The van der Waals surface area contributed by atoms with Crippen molar-refractivity contribution < 1.29 is 9.53 Å². The number of imidazole rings is 1. The monoisotopic (exact) mass is 284 g/mol. The highest BCUT2D eigenvalue weighted by Crippen LogP contribution is 2.47. The molecular formula is C17H20N2O2. The highest BCUT2D eigenvalue weighted by molar-refractivity contribution is 5.87. The Bertz CT molecular complexity index is 673. The summed E-state index contributed by atoms with van der Waals surface area (Å²) in [7, 11) is 0. The van der Waals surface area contributed by atoms with Crippen LogP contribution < -0.4 is 0 Å². The SMILES string of the molecule is CCOC(=O)c1cncn1C1c2ccccc2CC1(C)C. The molecule has 1 aromatic carbocycles. The van der Waals surface area contributed by atoms with Gasteiger partial charge in [-0.1, -0.05) is 38.1 Å². The normalized spacial score (nSPS) is 19.3. The Balaban J connectivity index is 2.08. The van der Waals surface area contributed by atoms with Crippen LogP contribution in [0, 0.1) is 5.41 Å². The first-order valence-electron chi connectivity index (χ1n) is 7.31. The van der Waals surface area contributed by atoms with E-state index in [0.29, 0.717) is 12.3 Å². The van der Waals surface area contributed by atoms with Crippen molar-refractivity contribution in [1.82, 2.24) is 9.55 Å². The summed E-state index contributed by atoms with van der Waals surface area (Å²) in [5.74, 6) is -0.310. The molecule has 0 aliphatic heterocycles. The molecule has 0 spiro atoms. The Morgan fingerprint density at radius 1 is 1.43 bits per heavy atom. The standard InChI is InChI=1S/C17H20N2O2/c1-4-21-16(20)14-10-18-11-19(14)15-13-8-6-5-7-12(13)9-17(15,2)3/h5-8,10-11,15H,4,9H2,1-3H3. The molecular weight excluding hydrogens is 264 g/mol. The van der Waals surface area contributed by atoms with Gasteiger partial charge in [-0.05, 0) is 29.9 Å². The number of hydrogen-bond donors (Lipinski definition) is 0. The summed E-state index contributed by atoms with van der Waals surface area (Å²) in [6.45, 7) is 6.64. The zero-order chi connectivity index (χ0) is 15.0. The molecule has 4 nitrogen and oxygen atoms in total. The van der Waals surface area contributed by atoms with Crippen molar-refractivity contribution in [3.05, 3.63) is 53.6 Å². The quantitative estimate of drug-likeness (QED) is 0.813. The lowest BCUT2D eigenvalue weighted by molar-refractivity contribution is 0.0509. The Morgan fingerprint density at radius 3 is 2.95 bits per heavy atom. The van der Waals surface area contributed by atoms with E-state index >= 15 is 0 Å². The second kappa shape index (κ2) is 5.02. The summed E-state index contributed by atoms with van der Waals surface area (Å²) in [6, 6.07) is 8.53. The number of nitrogens with zero attached hydrogens (tertiary/aromatic N) is 2. The first-order valence-corrected chi connectivity index (χ1v) is 7.31. The second-order valence-electron chi connectivity index (χ2n) is 6.17. The van der Waals surface area contributed by atoms with Gasteiger partial charge in [0.1, 0.15) is 5.69 Å². The van der Waals surface area contributed by atoms with Gasteiger partial charge in [-0.3, -0.25) is 0 Å². The third-order valence-electron chi connectivity index (χ3n) is 4.16. The molecule has 0 saturated heterocycles. The predicted molar refractivity (Wildman–Crippen MR) is 80.2 cm³/mol. The van der Waals surface area contributed by atoms with E-state index in [2.05, 4.69) is 37.0 Å². The molecule has 0 N–H and O–H groups in total. The molecule has 1 atom stereocenters. The molecule has 1 aliphatic rings. The van der Waals surface area contributed by atoms with Crippen LogP contribution >= 0.6 is 0 Å². The molecule has 21 heavy (non-hydrogen) atoms. The van der Waals surface area contributed by atoms with Crippen molar-refractivity contribution in [3.63, 3.8) is 0 Å². The first kappa shape index (κ1) is 13.9. The number of hydrogen-bond acceptors (Lipinski definition) is 3. The molecule has 110 valence electrons. The van der Waals surface area contributed by atoms with Crippen molar-refractivity contribution in [2.75, 3.05) is 6.61 Å². The number of carbonyl (C=O) groups excluding carboxylic acids is 1. The van der Waals surface area contributed by atoms with Crippen LogP contribution in [0.5, 0.6) is 0 Å². The van der Waals surface area contributed by atoms with Crippen LogP contribution in [-0.4, -0.2) is 22.1 Å². The largest absolute Gasteiger partial charge is 0.461 e. The zero-order valence-corrected chi connectivity index (χ0v) is 12.7. The summed E-state index contributed by atoms with van der Waals surface area (Å²) in [4.78, 5) is 16.3. The fourth-order valence-corrected chi connectivity index (χ4v) is 3.37. The molecule has 1 heterocycles. The van der Waals surface area contributed by atoms with Gasteiger partial charge >= 0.3 is 5.97 Å². The van der Waals surface area contributed by atoms with Crippen molar-refractivity contribution in [3.8, 4) is 0 Å². The predicted octanol–water partition coefficient (Wildman–Crippen LogP) is 3.23. The van der Waals surface area contributed by atoms with E-state index in [1.165, 1.54) is 11.1 Å². The fraction of sp³-hybridized carbons (Fsp3) is 0.412. The van der Waals surface area contributed by atoms with Gasteiger partial charge in [0.05, 0.1) is 25.2 Å². The van der Waals surface area contributed by atoms with E-state index in [1.54, 1.807) is 12.5 Å². The highest BCUT2D eigenvalue weighted by Gasteiger charge is 2.41. The number of esters is 1. The molecule has 1 aliphatic carbocycles. The maximum Gasteiger partial charge on any atom is 0.356 e. The maximum atomic E-state index is 12.1. The molecule has 0 saturated carbocycles. The number of benzene rings is 1. The third-order valence-corrected chi connectivity index (χ3v) is 4.16. The number of carbonyl (C=O) groups is 1. The Hall–Kier alpha value is -2.10. The Morgan fingerprint density at radius 2 is 2.19 bits per heavy atom. The molecule has 1 unspecified atom stereocenters. The average molecular weight is 284 g/mol. The smallest absolute Gasteiger partial charge is 0.356 e. The average Bonchev–Trinajstić information content (AvgIpc) is 2.98. The Kier molecular flexibility index (Phi) is 3.32. The third kappa shape index (κ3) is 2.24. The summed E-state index contributed by atoms with van der Waals surface area (Å²) in [6.07, 6.45) is 4.32. The van der Waals surface area contributed by atoms with Crippen LogP contribution in [0.25, 0.3) is 0 Å². The van der Waals surface area contributed by atoms with E-state index in [1.807, 2.05) is 17.6 Å². The van der Waals surface area contributed by atoms with Crippen molar-refractivity contribution in [2.24, 2.45) is 5.41 Å². The molecule has 0 fully saturated rings. The van der Waals surface area contributed by atoms with Gasteiger partial charge in [-0.15, -0.1) is 0 Å². The minimum atomic E-state index is -0.310. The van der Waals surface area contributed by atoms with Crippen LogP contribution in [0.4, 0.5) is 0 Å². The van der Waals surface area contributed by atoms with E-state index in [9.17, 15) is 4.79 Å². The van der Waals surface area contributed by atoms with Crippen LogP contribution in [0.2, 0.25) is 0 Å². The minimum Gasteiger partial charge on any atom is -0.461 e. The number of aromatic nitrogens is 2. The summed E-state index contributed by atoms with van der Waals surface area (Å²) in [5, 5.41) is 0. The first-order chi connectivity index (χ1) is 10.0. The van der Waals surface area contributed by atoms with E-state index in [4.69, 9.17) is 4.74 Å². The van der Waals surface area contributed by atoms with E-state index in [0.717, 1.165) is 6.42 Å². The van der Waals surface area contributed by atoms with Gasteiger partial charge in [0.15, 0.2) is 0 Å². The van der Waals surface area contributed by atoms with Gasteiger partial charge in [0.25, 0.3) is 0 Å².